The summed E-state index contributed by atoms with van der Waals surface area (Å²) in [4.78, 5) is 16.9. The number of aryl methyl sites for hydroxylation is 2. The molecule has 1 amide bonds. The fraction of sp³-hybridized carbons (Fsp3) is 0.500. The number of piperidine rings is 1. The summed E-state index contributed by atoms with van der Waals surface area (Å²) in [7, 11) is 4.08. The lowest BCUT2D eigenvalue weighted by Gasteiger charge is -2.31. The van der Waals surface area contributed by atoms with E-state index in [0.717, 1.165) is 73.5 Å². The molecule has 2 aromatic heterocycles. The molecule has 1 N–H and O–H groups in total. The number of amides is 1. The van der Waals surface area contributed by atoms with Crippen molar-refractivity contribution in [3.05, 3.63) is 40.7 Å². The number of benzene rings is 1. The zero-order valence-corrected chi connectivity index (χ0v) is 20.6. The Hall–Kier alpha value is -2.71. The Balaban J connectivity index is 1.49. The Morgan fingerprint density at radius 2 is 1.85 bits per heavy atom. The molecule has 0 radical (unpaired) electrons. The SMILES string of the molecule is Cc1ccc(-n2nc3c(N4CCC(C(=O)NCCCN(C)C)CC4)nnc(Cl)c3c2C)cc1. The number of anilines is 1. The summed E-state index contributed by atoms with van der Waals surface area (Å²) in [5.74, 6) is 0.914. The van der Waals surface area contributed by atoms with Crippen molar-refractivity contribution in [1.29, 1.82) is 0 Å². The second-order valence-corrected chi connectivity index (χ2v) is 9.44. The molecule has 1 aliphatic rings. The minimum absolute atomic E-state index is 0.0307. The average molecular weight is 470 g/mol. The van der Waals surface area contributed by atoms with E-state index in [0.29, 0.717) is 5.15 Å². The molecule has 0 aliphatic carbocycles. The number of halogens is 1. The second kappa shape index (κ2) is 10.1. The van der Waals surface area contributed by atoms with E-state index < -0.39 is 0 Å². The first-order chi connectivity index (χ1) is 15.8. The van der Waals surface area contributed by atoms with E-state index in [2.05, 4.69) is 44.4 Å². The van der Waals surface area contributed by atoms with Crippen molar-refractivity contribution in [2.45, 2.75) is 33.1 Å². The highest BCUT2D eigenvalue weighted by molar-refractivity contribution is 6.34. The third-order valence-electron chi connectivity index (χ3n) is 6.29. The number of rotatable bonds is 7. The number of carbonyl (C=O) groups is 1. The van der Waals surface area contributed by atoms with Crippen LogP contribution in [0.5, 0.6) is 0 Å². The molecular formula is C24H32ClN7O. The van der Waals surface area contributed by atoms with Gasteiger partial charge in [0, 0.05) is 25.6 Å². The number of carbonyl (C=O) groups excluding carboxylic acids is 1. The summed E-state index contributed by atoms with van der Waals surface area (Å²) in [5.41, 5.74) is 3.85. The van der Waals surface area contributed by atoms with Crippen molar-refractivity contribution in [1.82, 2.24) is 30.2 Å². The third kappa shape index (κ3) is 5.12. The van der Waals surface area contributed by atoms with Crippen LogP contribution in [0.1, 0.15) is 30.5 Å². The van der Waals surface area contributed by atoms with E-state index >= 15 is 0 Å². The van der Waals surface area contributed by atoms with Gasteiger partial charge >= 0.3 is 0 Å². The summed E-state index contributed by atoms with van der Waals surface area (Å²) >= 11 is 6.44. The van der Waals surface area contributed by atoms with Crippen molar-refractivity contribution in [3.8, 4) is 5.69 Å². The molecule has 0 unspecified atom stereocenters. The molecular weight excluding hydrogens is 438 g/mol. The van der Waals surface area contributed by atoms with Crippen LogP contribution in [0.4, 0.5) is 5.82 Å². The molecule has 1 saturated heterocycles. The van der Waals surface area contributed by atoms with Gasteiger partial charge in [-0.1, -0.05) is 29.3 Å². The van der Waals surface area contributed by atoms with E-state index in [9.17, 15) is 4.79 Å². The molecule has 1 aliphatic heterocycles. The molecule has 1 aromatic carbocycles. The van der Waals surface area contributed by atoms with Crippen molar-refractivity contribution < 1.29 is 4.79 Å². The molecule has 3 heterocycles. The standard InChI is InChI=1S/C24H32ClN7O/c1-16-6-8-19(9-7-16)32-17(2)20-21(29-32)23(28-27-22(20)25)31-14-10-18(11-15-31)24(33)26-12-5-13-30(3)4/h6-9,18H,5,10-15H2,1-4H3,(H,26,33). The molecule has 3 aromatic rings. The maximum absolute atomic E-state index is 12.6. The minimum Gasteiger partial charge on any atom is -0.356 e. The second-order valence-electron chi connectivity index (χ2n) is 9.08. The molecule has 176 valence electrons. The number of hydrogen-bond donors (Lipinski definition) is 1. The van der Waals surface area contributed by atoms with Crippen molar-refractivity contribution in [2.24, 2.45) is 5.92 Å². The van der Waals surface area contributed by atoms with Crippen LogP contribution in [0.25, 0.3) is 16.6 Å². The van der Waals surface area contributed by atoms with Gasteiger partial charge in [-0.2, -0.15) is 5.10 Å². The van der Waals surface area contributed by atoms with Crippen LogP contribution in [-0.2, 0) is 4.79 Å². The third-order valence-corrected chi connectivity index (χ3v) is 6.56. The van der Waals surface area contributed by atoms with Crippen LogP contribution >= 0.6 is 11.6 Å². The topological polar surface area (TPSA) is 79.2 Å². The Kier molecular flexibility index (Phi) is 7.14. The highest BCUT2D eigenvalue weighted by Gasteiger charge is 2.28. The van der Waals surface area contributed by atoms with E-state index in [1.54, 1.807) is 0 Å². The van der Waals surface area contributed by atoms with Gasteiger partial charge in [0.05, 0.1) is 16.8 Å². The molecule has 0 atom stereocenters. The minimum atomic E-state index is 0.0307. The van der Waals surface area contributed by atoms with E-state index in [4.69, 9.17) is 16.7 Å². The maximum Gasteiger partial charge on any atom is 0.223 e. The van der Waals surface area contributed by atoms with Crippen LogP contribution in [0.15, 0.2) is 24.3 Å². The quantitative estimate of drug-likeness (QED) is 0.534. The summed E-state index contributed by atoms with van der Waals surface area (Å²) in [6.45, 7) is 7.22. The van der Waals surface area contributed by atoms with Crippen molar-refractivity contribution in [3.63, 3.8) is 0 Å². The monoisotopic (exact) mass is 469 g/mol. The first kappa shape index (κ1) is 23.4. The van der Waals surface area contributed by atoms with Crippen LogP contribution in [0, 0.1) is 19.8 Å². The predicted octanol–water partition coefficient (Wildman–Crippen LogP) is 3.37. The molecule has 0 saturated carbocycles. The summed E-state index contributed by atoms with van der Waals surface area (Å²) in [6, 6.07) is 8.23. The number of hydrogen-bond acceptors (Lipinski definition) is 6. The molecule has 1 fully saturated rings. The summed E-state index contributed by atoms with van der Waals surface area (Å²) in [5, 5.41) is 17.8. The van der Waals surface area contributed by atoms with Gasteiger partial charge in [0.25, 0.3) is 0 Å². The lowest BCUT2D eigenvalue weighted by Crippen LogP contribution is -2.41. The lowest BCUT2D eigenvalue weighted by atomic mass is 9.96. The van der Waals surface area contributed by atoms with Gasteiger partial charge in [-0.3, -0.25) is 4.79 Å². The maximum atomic E-state index is 12.6. The molecule has 33 heavy (non-hydrogen) atoms. The van der Waals surface area contributed by atoms with Crippen LogP contribution in [0.3, 0.4) is 0 Å². The van der Waals surface area contributed by atoms with Gasteiger partial charge in [-0.05, 0) is 65.9 Å². The van der Waals surface area contributed by atoms with Crippen molar-refractivity contribution >= 4 is 34.2 Å². The van der Waals surface area contributed by atoms with Gasteiger partial charge in [0.15, 0.2) is 11.0 Å². The molecule has 4 rings (SSSR count). The Bertz CT molecular complexity index is 1120. The van der Waals surface area contributed by atoms with Gasteiger partial charge in [0.2, 0.25) is 5.91 Å². The number of nitrogens with one attached hydrogen (secondary N) is 1. The zero-order chi connectivity index (χ0) is 23.5. The highest BCUT2D eigenvalue weighted by Crippen LogP contribution is 2.33. The predicted molar refractivity (Wildman–Crippen MR) is 132 cm³/mol. The number of nitrogens with zero attached hydrogens (tertiary/aromatic N) is 6. The normalized spacial score (nSPS) is 14.9. The largest absolute Gasteiger partial charge is 0.356 e. The van der Waals surface area contributed by atoms with E-state index in [1.807, 2.05) is 37.8 Å². The fourth-order valence-electron chi connectivity index (χ4n) is 4.35. The molecule has 8 nitrogen and oxygen atoms in total. The number of aromatic nitrogens is 4. The van der Waals surface area contributed by atoms with Gasteiger partial charge in [-0.25, -0.2) is 4.68 Å². The smallest absolute Gasteiger partial charge is 0.223 e. The zero-order valence-electron chi connectivity index (χ0n) is 19.8. The summed E-state index contributed by atoms with van der Waals surface area (Å²) in [6.07, 6.45) is 2.52. The Morgan fingerprint density at radius 1 is 1.15 bits per heavy atom. The first-order valence-electron chi connectivity index (χ1n) is 11.5. The Morgan fingerprint density at radius 3 is 2.52 bits per heavy atom. The van der Waals surface area contributed by atoms with Crippen LogP contribution in [0.2, 0.25) is 5.15 Å². The number of fused-ring (bicyclic) bond motifs is 1. The summed E-state index contributed by atoms with van der Waals surface area (Å²) < 4.78 is 1.90. The lowest BCUT2D eigenvalue weighted by molar-refractivity contribution is -0.125. The van der Waals surface area contributed by atoms with Crippen LogP contribution < -0.4 is 10.2 Å². The first-order valence-corrected chi connectivity index (χ1v) is 11.9. The van der Waals surface area contributed by atoms with Gasteiger partial charge in [-0.15, -0.1) is 10.2 Å². The van der Waals surface area contributed by atoms with Gasteiger partial charge < -0.3 is 15.1 Å². The van der Waals surface area contributed by atoms with Gasteiger partial charge in [0.1, 0.15) is 5.52 Å². The van der Waals surface area contributed by atoms with E-state index in [1.165, 1.54) is 5.56 Å². The Labute approximate surface area is 199 Å². The molecule has 9 heteroatoms. The van der Waals surface area contributed by atoms with Crippen LogP contribution in [-0.4, -0.2) is 71.1 Å². The van der Waals surface area contributed by atoms with Crippen molar-refractivity contribution in [2.75, 3.05) is 45.2 Å². The highest BCUT2D eigenvalue weighted by atomic mass is 35.5. The molecule has 0 bridgehead atoms. The molecule has 0 spiro atoms. The fourth-order valence-corrected chi connectivity index (χ4v) is 4.61. The van der Waals surface area contributed by atoms with E-state index in [-0.39, 0.29) is 11.8 Å². The average Bonchev–Trinajstić information content (AvgIpc) is 3.15.